The van der Waals surface area contributed by atoms with Crippen LogP contribution in [-0.4, -0.2) is 18.0 Å². The number of aromatic nitrogens is 1. The van der Waals surface area contributed by atoms with Gasteiger partial charge in [0.25, 0.3) is 0 Å². The van der Waals surface area contributed by atoms with E-state index in [4.69, 9.17) is 9.15 Å². The van der Waals surface area contributed by atoms with Crippen LogP contribution in [0.1, 0.15) is 11.5 Å². The number of halogens is 3. The molecule has 5 nitrogen and oxygen atoms in total. The number of methoxy groups -OCH3 is 1. The highest BCUT2D eigenvalue weighted by Gasteiger charge is 2.18. The SMILES string of the molecule is COc1cccc(-c2nc(CC(=O)Nc3ccc(F)c(F)c3F)c(C)o2)c1. The Balaban J connectivity index is 1.77. The van der Waals surface area contributed by atoms with Crippen molar-refractivity contribution in [2.24, 2.45) is 0 Å². The van der Waals surface area contributed by atoms with E-state index in [9.17, 15) is 18.0 Å². The van der Waals surface area contributed by atoms with Gasteiger partial charge in [0.2, 0.25) is 11.8 Å². The predicted molar refractivity (Wildman–Crippen MR) is 91.9 cm³/mol. The summed E-state index contributed by atoms with van der Waals surface area (Å²) in [7, 11) is 1.53. The number of benzene rings is 2. The Labute approximate surface area is 152 Å². The summed E-state index contributed by atoms with van der Waals surface area (Å²) in [5.74, 6) is -3.75. The number of amides is 1. The van der Waals surface area contributed by atoms with Crippen LogP contribution >= 0.6 is 0 Å². The zero-order chi connectivity index (χ0) is 19.6. The van der Waals surface area contributed by atoms with Crippen LogP contribution in [0.5, 0.6) is 5.75 Å². The number of rotatable bonds is 5. The second-order valence-corrected chi connectivity index (χ2v) is 5.70. The lowest BCUT2D eigenvalue weighted by atomic mass is 10.2. The summed E-state index contributed by atoms with van der Waals surface area (Å²) in [5.41, 5.74) is 0.553. The van der Waals surface area contributed by atoms with Crippen LogP contribution in [0.3, 0.4) is 0 Å². The van der Waals surface area contributed by atoms with Crippen molar-refractivity contribution in [1.29, 1.82) is 0 Å². The first-order chi connectivity index (χ1) is 12.9. The van der Waals surface area contributed by atoms with Crippen molar-refractivity contribution in [3.63, 3.8) is 0 Å². The number of carbonyl (C=O) groups is 1. The maximum Gasteiger partial charge on any atom is 0.230 e. The molecule has 0 bridgehead atoms. The molecule has 1 heterocycles. The minimum Gasteiger partial charge on any atom is -0.497 e. The summed E-state index contributed by atoms with van der Waals surface area (Å²) < 4.78 is 50.6. The molecule has 1 amide bonds. The molecule has 0 saturated heterocycles. The molecule has 8 heteroatoms. The molecule has 1 N–H and O–H groups in total. The van der Waals surface area contributed by atoms with Crippen molar-refractivity contribution < 1.29 is 27.1 Å². The molecule has 0 aliphatic carbocycles. The molecule has 140 valence electrons. The van der Waals surface area contributed by atoms with Gasteiger partial charge in [0.1, 0.15) is 11.5 Å². The van der Waals surface area contributed by atoms with Crippen LogP contribution in [0, 0.1) is 24.4 Å². The molecular weight excluding hydrogens is 361 g/mol. The summed E-state index contributed by atoms with van der Waals surface area (Å²) in [6.45, 7) is 1.64. The van der Waals surface area contributed by atoms with Gasteiger partial charge in [0.15, 0.2) is 17.5 Å². The average molecular weight is 376 g/mol. The number of oxazole rings is 1. The van der Waals surface area contributed by atoms with E-state index in [0.717, 1.165) is 12.1 Å². The summed E-state index contributed by atoms with van der Waals surface area (Å²) in [6.07, 6.45) is -0.224. The number of nitrogens with one attached hydrogen (secondary N) is 1. The highest BCUT2D eigenvalue weighted by Crippen LogP contribution is 2.26. The van der Waals surface area contributed by atoms with Gasteiger partial charge in [-0.2, -0.15) is 0 Å². The fraction of sp³-hybridized carbons (Fsp3) is 0.158. The molecule has 0 saturated carbocycles. The molecule has 3 rings (SSSR count). The number of ether oxygens (including phenoxy) is 1. The fourth-order valence-corrected chi connectivity index (χ4v) is 2.44. The maximum atomic E-state index is 13.7. The molecule has 2 aromatic carbocycles. The Kier molecular flexibility index (Phi) is 5.16. The van der Waals surface area contributed by atoms with Crippen molar-refractivity contribution in [2.45, 2.75) is 13.3 Å². The van der Waals surface area contributed by atoms with E-state index in [0.29, 0.717) is 28.7 Å². The highest BCUT2D eigenvalue weighted by atomic mass is 19.2. The third-order valence-corrected chi connectivity index (χ3v) is 3.85. The summed E-state index contributed by atoms with van der Waals surface area (Å²) in [5, 5.41) is 2.20. The van der Waals surface area contributed by atoms with Crippen molar-refractivity contribution in [2.75, 3.05) is 12.4 Å². The molecule has 0 atom stereocenters. The van der Waals surface area contributed by atoms with E-state index in [2.05, 4.69) is 10.3 Å². The van der Waals surface area contributed by atoms with Gasteiger partial charge in [0, 0.05) is 5.56 Å². The quantitative estimate of drug-likeness (QED) is 0.676. The Morgan fingerprint density at radius 2 is 1.96 bits per heavy atom. The Hall–Kier alpha value is -3.29. The van der Waals surface area contributed by atoms with Gasteiger partial charge >= 0.3 is 0 Å². The van der Waals surface area contributed by atoms with Crippen molar-refractivity contribution in [3.05, 3.63) is 65.3 Å². The van der Waals surface area contributed by atoms with Crippen molar-refractivity contribution in [1.82, 2.24) is 4.98 Å². The first-order valence-electron chi connectivity index (χ1n) is 7.93. The van der Waals surface area contributed by atoms with Crippen LogP contribution in [0.15, 0.2) is 40.8 Å². The normalized spacial score (nSPS) is 10.7. The van der Waals surface area contributed by atoms with Gasteiger partial charge in [-0.05, 0) is 37.3 Å². The van der Waals surface area contributed by atoms with Crippen LogP contribution in [0.2, 0.25) is 0 Å². The minimum atomic E-state index is -1.65. The van der Waals surface area contributed by atoms with Crippen molar-refractivity contribution in [3.8, 4) is 17.2 Å². The number of nitrogens with zero attached hydrogens (tertiary/aromatic N) is 1. The van der Waals surface area contributed by atoms with Crippen LogP contribution < -0.4 is 10.1 Å². The zero-order valence-corrected chi connectivity index (χ0v) is 14.5. The maximum absolute atomic E-state index is 13.7. The van der Waals surface area contributed by atoms with E-state index >= 15 is 0 Å². The van der Waals surface area contributed by atoms with E-state index < -0.39 is 29.0 Å². The third-order valence-electron chi connectivity index (χ3n) is 3.85. The Bertz CT molecular complexity index is 1000. The number of anilines is 1. The highest BCUT2D eigenvalue weighted by molar-refractivity contribution is 5.92. The fourth-order valence-electron chi connectivity index (χ4n) is 2.44. The smallest absolute Gasteiger partial charge is 0.230 e. The molecule has 3 aromatic rings. The molecule has 0 fully saturated rings. The van der Waals surface area contributed by atoms with Gasteiger partial charge in [-0.1, -0.05) is 6.07 Å². The largest absolute Gasteiger partial charge is 0.497 e. The van der Waals surface area contributed by atoms with Crippen LogP contribution in [0.4, 0.5) is 18.9 Å². The second-order valence-electron chi connectivity index (χ2n) is 5.70. The third kappa shape index (κ3) is 3.94. The molecular formula is C19H15F3N2O3. The molecule has 27 heavy (non-hydrogen) atoms. The number of hydrogen-bond acceptors (Lipinski definition) is 4. The van der Waals surface area contributed by atoms with Crippen LogP contribution in [0.25, 0.3) is 11.5 Å². The predicted octanol–water partition coefficient (Wildman–Crippen LogP) is 4.26. The zero-order valence-electron chi connectivity index (χ0n) is 14.5. The molecule has 0 unspecified atom stereocenters. The van der Waals surface area contributed by atoms with Gasteiger partial charge in [-0.15, -0.1) is 0 Å². The second kappa shape index (κ2) is 7.53. The van der Waals surface area contributed by atoms with E-state index in [1.54, 1.807) is 31.2 Å². The number of aryl methyl sites for hydroxylation is 1. The topological polar surface area (TPSA) is 64.4 Å². The Morgan fingerprint density at radius 1 is 1.19 bits per heavy atom. The standard InChI is InChI=1S/C19H15F3N2O3/c1-10-15(24-19(27-10)11-4-3-5-12(8-11)26-2)9-16(25)23-14-7-6-13(20)17(21)18(14)22/h3-8H,9H2,1-2H3,(H,23,25). The Morgan fingerprint density at radius 3 is 2.70 bits per heavy atom. The van der Waals surface area contributed by atoms with Gasteiger partial charge < -0.3 is 14.5 Å². The first-order valence-corrected chi connectivity index (χ1v) is 7.93. The van der Waals surface area contributed by atoms with E-state index in [1.807, 2.05) is 0 Å². The summed E-state index contributed by atoms with van der Waals surface area (Å²) in [4.78, 5) is 16.4. The molecule has 0 spiro atoms. The molecule has 0 aliphatic rings. The van der Waals surface area contributed by atoms with Gasteiger partial charge in [0.05, 0.1) is 24.9 Å². The molecule has 1 aromatic heterocycles. The molecule has 0 radical (unpaired) electrons. The number of carbonyl (C=O) groups excluding carboxylic acids is 1. The lowest BCUT2D eigenvalue weighted by Crippen LogP contribution is -2.16. The minimum absolute atomic E-state index is 0.224. The first kappa shape index (κ1) is 18.5. The lowest BCUT2D eigenvalue weighted by molar-refractivity contribution is -0.115. The summed E-state index contributed by atoms with van der Waals surface area (Å²) in [6, 6.07) is 8.72. The van der Waals surface area contributed by atoms with Crippen LogP contribution in [-0.2, 0) is 11.2 Å². The monoisotopic (exact) mass is 376 g/mol. The number of hydrogen-bond donors (Lipinski definition) is 1. The van der Waals surface area contributed by atoms with E-state index in [-0.39, 0.29) is 6.42 Å². The molecule has 0 aliphatic heterocycles. The summed E-state index contributed by atoms with van der Waals surface area (Å²) >= 11 is 0. The van der Waals surface area contributed by atoms with Gasteiger partial charge in [-0.25, -0.2) is 18.2 Å². The van der Waals surface area contributed by atoms with E-state index in [1.165, 1.54) is 7.11 Å². The average Bonchev–Trinajstić information content (AvgIpc) is 3.02. The van der Waals surface area contributed by atoms with Crippen molar-refractivity contribution >= 4 is 11.6 Å². The van der Waals surface area contributed by atoms with Gasteiger partial charge in [-0.3, -0.25) is 4.79 Å². The lowest BCUT2D eigenvalue weighted by Gasteiger charge is -2.06.